The van der Waals surface area contributed by atoms with Gasteiger partial charge in [0.25, 0.3) is 0 Å². The Morgan fingerprint density at radius 2 is 1.72 bits per heavy atom. The molecule has 3 aromatic rings. The third-order valence-corrected chi connectivity index (χ3v) is 4.65. The summed E-state index contributed by atoms with van der Waals surface area (Å²) in [6.07, 6.45) is 5.03. The summed E-state index contributed by atoms with van der Waals surface area (Å²) in [5.41, 5.74) is 7.68. The van der Waals surface area contributed by atoms with E-state index in [1.54, 1.807) is 42.5 Å². The average molecular weight is 367 g/mol. The molecular formula is C19H15ClN4S. The highest BCUT2D eigenvalue weighted by Gasteiger charge is 2.02. The lowest BCUT2D eigenvalue weighted by atomic mass is 10.2. The summed E-state index contributed by atoms with van der Waals surface area (Å²) in [4.78, 5) is 6.13. The van der Waals surface area contributed by atoms with E-state index >= 15 is 0 Å². The van der Waals surface area contributed by atoms with E-state index in [1.807, 2.05) is 48.5 Å². The van der Waals surface area contributed by atoms with Crippen LogP contribution >= 0.6 is 23.4 Å². The second-order valence-electron chi connectivity index (χ2n) is 5.06. The fourth-order valence-corrected chi connectivity index (χ4v) is 3.08. The Morgan fingerprint density at radius 3 is 2.48 bits per heavy atom. The minimum absolute atomic E-state index is 0.349. The molecule has 0 unspecified atom stereocenters. The minimum atomic E-state index is 0.349. The number of pyridine rings is 1. The Labute approximate surface area is 155 Å². The summed E-state index contributed by atoms with van der Waals surface area (Å²) < 4.78 is 0. The maximum atomic E-state index is 5.93. The Morgan fingerprint density at radius 1 is 1.00 bits per heavy atom. The van der Waals surface area contributed by atoms with Gasteiger partial charge in [-0.1, -0.05) is 41.6 Å². The van der Waals surface area contributed by atoms with Crippen LogP contribution in [0.2, 0.25) is 5.02 Å². The number of nitrogens with two attached hydrogens (primary N) is 1. The van der Waals surface area contributed by atoms with Crippen LogP contribution in [0.1, 0.15) is 11.1 Å². The van der Waals surface area contributed by atoms with Gasteiger partial charge in [0.2, 0.25) is 0 Å². The number of benzene rings is 2. The van der Waals surface area contributed by atoms with Crippen molar-refractivity contribution in [1.82, 2.24) is 4.98 Å². The molecule has 1 heterocycles. The average Bonchev–Trinajstić information content (AvgIpc) is 2.65. The molecule has 25 heavy (non-hydrogen) atoms. The van der Waals surface area contributed by atoms with Gasteiger partial charge < -0.3 is 5.73 Å². The highest BCUT2D eigenvalue weighted by molar-refractivity contribution is 7.99. The number of halogens is 1. The minimum Gasteiger partial charge on any atom is -0.382 e. The van der Waals surface area contributed by atoms with Gasteiger partial charge in [-0.05, 0) is 42.5 Å². The van der Waals surface area contributed by atoms with E-state index in [4.69, 9.17) is 17.3 Å². The first kappa shape index (κ1) is 17.2. The van der Waals surface area contributed by atoms with E-state index in [1.165, 1.54) is 0 Å². The molecule has 0 saturated carbocycles. The smallest absolute Gasteiger partial charge is 0.153 e. The summed E-state index contributed by atoms with van der Waals surface area (Å²) in [6.45, 7) is 0. The van der Waals surface area contributed by atoms with Crippen LogP contribution < -0.4 is 5.73 Å². The second-order valence-corrected chi connectivity index (χ2v) is 6.61. The van der Waals surface area contributed by atoms with Gasteiger partial charge in [-0.25, -0.2) is 0 Å². The Kier molecular flexibility index (Phi) is 5.82. The Bertz CT molecular complexity index is 893. The summed E-state index contributed by atoms with van der Waals surface area (Å²) >= 11 is 7.57. The Balaban J connectivity index is 1.77. The van der Waals surface area contributed by atoms with Gasteiger partial charge in [-0.2, -0.15) is 5.10 Å². The van der Waals surface area contributed by atoms with E-state index in [0.29, 0.717) is 5.84 Å². The predicted octanol–water partition coefficient (Wildman–Crippen LogP) is 4.63. The van der Waals surface area contributed by atoms with Crippen LogP contribution in [0.25, 0.3) is 0 Å². The molecular weight excluding hydrogens is 352 g/mol. The van der Waals surface area contributed by atoms with Gasteiger partial charge >= 0.3 is 0 Å². The second kappa shape index (κ2) is 8.46. The van der Waals surface area contributed by atoms with Crippen molar-refractivity contribution < 1.29 is 0 Å². The van der Waals surface area contributed by atoms with Crippen molar-refractivity contribution >= 4 is 35.4 Å². The molecule has 0 aliphatic heterocycles. The van der Waals surface area contributed by atoms with Crippen molar-refractivity contribution in [2.45, 2.75) is 9.79 Å². The van der Waals surface area contributed by atoms with Gasteiger partial charge in [0.15, 0.2) is 5.84 Å². The van der Waals surface area contributed by atoms with Crippen LogP contribution in [0.5, 0.6) is 0 Å². The van der Waals surface area contributed by atoms with Crippen molar-refractivity contribution in [3.63, 3.8) is 0 Å². The largest absolute Gasteiger partial charge is 0.382 e. The lowest BCUT2D eigenvalue weighted by molar-refractivity contribution is 1.22. The number of aromatic nitrogens is 1. The SMILES string of the molecule is NC(=NN=Cc1ccccc1Sc1ccc(Cl)cc1)c1ccncc1. The van der Waals surface area contributed by atoms with Crippen molar-refractivity contribution in [2.24, 2.45) is 15.9 Å². The van der Waals surface area contributed by atoms with Gasteiger partial charge in [-0.3, -0.25) is 4.98 Å². The molecule has 124 valence electrons. The number of nitrogens with zero attached hydrogens (tertiary/aromatic N) is 3. The number of hydrogen-bond acceptors (Lipinski definition) is 4. The van der Waals surface area contributed by atoms with Crippen LogP contribution in [0, 0.1) is 0 Å². The molecule has 3 rings (SSSR count). The highest BCUT2D eigenvalue weighted by Crippen LogP contribution is 2.30. The molecule has 0 radical (unpaired) electrons. The third-order valence-electron chi connectivity index (χ3n) is 3.30. The van der Waals surface area contributed by atoms with Crippen LogP contribution in [-0.2, 0) is 0 Å². The summed E-state index contributed by atoms with van der Waals surface area (Å²) in [5, 5.41) is 8.90. The van der Waals surface area contributed by atoms with Crippen molar-refractivity contribution in [3.8, 4) is 0 Å². The topological polar surface area (TPSA) is 63.6 Å². The van der Waals surface area contributed by atoms with E-state index in [0.717, 1.165) is 25.9 Å². The molecule has 0 saturated heterocycles. The zero-order valence-corrected chi connectivity index (χ0v) is 14.8. The molecule has 4 nitrogen and oxygen atoms in total. The maximum absolute atomic E-state index is 5.93. The van der Waals surface area contributed by atoms with Crippen molar-refractivity contribution in [2.75, 3.05) is 0 Å². The zero-order chi connectivity index (χ0) is 17.5. The van der Waals surface area contributed by atoms with Crippen LogP contribution in [0.15, 0.2) is 93.1 Å². The van der Waals surface area contributed by atoms with E-state index in [9.17, 15) is 0 Å². The summed E-state index contributed by atoms with van der Waals surface area (Å²) in [7, 11) is 0. The van der Waals surface area contributed by atoms with E-state index in [-0.39, 0.29) is 0 Å². The first-order chi connectivity index (χ1) is 12.2. The molecule has 6 heteroatoms. The fourth-order valence-electron chi connectivity index (χ4n) is 2.04. The third kappa shape index (κ3) is 4.92. The standard InChI is InChI=1S/C19H15ClN4S/c20-16-5-7-17(8-6-16)25-18-4-2-1-3-15(18)13-23-24-19(21)14-9-11-22-12-10-14/h1-13H,(H2,21,24). The van der Waals surface area contributed by atoms with E-state index < -0.39 is 0 Å². The molecule has 2 aromatic carbocycles. The molecule has 0 bridgehead atoms. The molecule has 0 aliphatic carbocycles. The normalized spacial score (nSPS) is 11.8. The summed E-state index contributed by atoms with van der Waals surface area (Å²) in [5.74, 6) is 0.349. The number of hydrogen-bond donors (Lipinski definition) is 1. The molecule has 2 N–H and O–H groups in total. The maximum Gasteiger partial charge on any atom is 0.153 e. The molecule has 0 aliphatic rings. The lowest BCUT2D eigenvalue weighted by Gasteiger charge is -2.05. The predicted molar refractivity (Wildman–Crippen MR) is 105 cm³/mol. The fraction of sp³-hybridized carbons (Fsp3) is 0. The quantitative estimate of drug-likeness (QED) is 0.407. The molecule has 1 aromatic heterocycles. The highest BCUT2D eigenvalue weighted by atomic mass is 35.5. The van der Waals surface area contributed by atoms with Crippen LogP contribution in [0.3, 0.4) is 0 Å². The van der Waals surface area contributed by atoms with Crippen molar-refractivity contribution in [3.05, 3.63) is 89.2 Å². The number of rotatable bonds is 5. The first-order valence-corrected chi connectivity index (χ1v) is 8.71. The molecule has 0 amide bonds. The van der Waals surface area contributed by atoms with Gasteiger partial charge in [0.05, 0.1) is 6.21 Å². The lowest BCUT2D eigenvalue weighted by Crippen LogP contribution is -2.12. The van der Waals surface area contributed by atoms with Gasteiger partial charge in [0, 0.05) is 38.3 Å². The van der Waals surface area contributed by atoms with Crippen molar-refractivity contribution in [1.29, 1.82) is 0 Å². The monoisotopic (exact) mass is 366 g/mol. The van der Waals surface area contributed by atoms with Gasteiger partial charge in [0.1, 0.15) is 0 Å². The van der Waals surface area contributed by atoms with Gasteiger partial charge in [-0.15, -0.1) is 5.10 Å². The van der Waals surface area contributed by atoms with Crippen LogP contribution in [0.4, 0.5) is 0 Å². The van der Waals surface area contributed by atoms with Crippen LogP contribution in [-0.4, -0.2) is 17.0 Å². The molecule has 0 atom stereocenters. The molecule has 0 spiro atoms. The summed E-state index contributed by atoms with van der Waals surface area (Å²) in [6, 6.07) is 19.3. The Hall–Kier alpha value is -2.63. The van der Waals surface area contributed by atoms with E-state index in [2.05, 4.69) is 15.2 Å². The number of amidine groups is 1. The first-order valence-electron chi connectivity index (χ1n) is 7.52. The zero-order valence-electron chi connectivity index (χ0n) is 13.2. The molecule has 0 fully saturated rings.